The molecule has 3 aliphatic rings. The highest BCUT2D eigenvalue weighted by atomic mass is 19.1. The second-order valence-electron chi connectivity index (χ2n) is 14.8. The van der Waals surface area contributed by atoms with Crippen LogP contribution in [0.15, 0.2) is 30.5 Å². The van der Waals surface area contributed by atoms with E-state index in [9.17, 15) is 9.90 Å². The molecule has 0 aliphatic carbocycles. The molecule has 0 spiro atoms. The third-order valence-corrected chi connectivity index (χ3v) is 10.4. The summed E-state index contributed by atoms with van der Waals surface area (Å²) in [7, 11) is 1.97. The highest BCUT2D eigenvalue weighted by Gasteiger charge is 2.35. The van der Waals surface area contributed by atoms with E-state index in [-0.39, 0.29) is 5.75 Å². The normalized spacial score (nSPS) is 19.3. The van der Waals surface area contributed by atoms with Gasteiger partial charge in [0.15, 0.2) is 17.7 Å². The van der Waals surface area contributed by atoms with Gasteiger partial charge in [-0.1, -0.05) is 0 Å². The van der Waals surface area contributed by atoms with E-state index in [4.69, 9.17) is 24.2 Å². The van der Waals surface area contributed by atoms with Crippen LogP contribution < -0.4 is 9.64 Å². The van der Waals surface area contributed by atoms with Gasteiger partial charge in [-0.05, 0) is 95.7 Å². The van der Waals surface area contributed by atoms with Gasteiger partial charge in [-0.3, -0.25) is 4.90 Å². The Morgan fingerprint density at radius 2 is 1.92 bits per heavy atom. The van der Waals surface area contributed by atoms with Crippen molar-refractivity contribution >= 4 is 22.8 Å². The summed E-state index contributed by atoms with van der Waals surface area (Å²) in [4.78, 5) is 27.7. The van der Waals surface area contributed by atoms with Gasteiger partial charge in [0.25, 0.3) is 0 Å². The lowest BCUT2D eigenvalue weighted by Crippen LogP contribution is -2.38. The molecular weight excluding hydrogens is 637 g/mol. The molecule has 2 fully saturated rings. The van der Waals surface area contributed by atoms with E-state index in [1.54, 1.807) is 0 Å². The number of hydrogen-bond acceptors (Lipinski definition) is 8. The van der Waals surface area contributed by atoms with E-state index >= 15 is 4.39 Å². The molecule has 0 bridgehead atoms. The molecule has 266 valence electrons. The zero-order valence-electron chi connectivity index (χ0n) is 30.0. The average Bonchev–Trinajstić information content (AvgIpc) is 3.66. The monoisotopic (exact) mass is 685 g/mol. The zero-order chi connectivity index (χ0) is 35.3. The third kappa shape index (κ3) is 6.47. The molecule has 2 saturated heterocycles. The Hall–Kier alpha value is -4.06. The van der Waals surface area contributed by atoms with Crippen LogP contribution in [-0.4, -0.2) is 88.2 Å². The van der Waals surface area contributed by atoms with Gasteiger partial charge in [0.1, 0.15) is 11.5 Å². The molecule has 2 atom stereocenters. The highest BCUT2D eigenvalue weighted by molar-refractivity contribution is 6.01. The van der Waals surface area contributed by atoms with E-state index in [0.717, 1.165) is 92.2 Å². The van der Waals surface area contributed by atoms with Crippen molar-refractivity contribution in [3.8, 4) is 28.1 Å². The van der Waals surface area contributed by atoms with Crippen LogP contribution in [0.1, 0.15) is 68.5 Å². The van der Waals surface area contributed by atoms with Gasteiger partial charge in [-0.25, -0.2) is 19.2 Å². The second-order valence-corrected chi connectivity index (χ2v) is 14.8. The summed E-state index contributed by atoms with van der Waals surface area (Å²) >= 11 is 0. The zero-order valence-corrected chi connectivity index (χ0v) is 30.0. The van der Waals surface area contributed by atoms with Crippen molar-refractivity contribution in [2.24, 2.45) is 7.05 Å². The van der Waals surface area contributed by atoms with Gasteiger partial charge in [0.05, 0.1) is 24.5 Å². The third-order valence-electron chi connectivity index (χ3n) is 10.4. The van der Waals surface area contributed by atoms with Gasteiger partial charge in [0.2, 0.25) is 0 Å². The number of fused-ring (bicyclic) bond motifs is 2. The van der Waals surface area contributed by atoms with Crippen LogP contribution in [0, 0.1) is 19.7 Å². The summed E-state index contributed by atoms with van der Waals surface area (Å²) in [6.45, 7) is 15.2. The Bertz CT molecular complexity index is 1930. The minimum absolute atomic E-state index is 0.285. The maximum absolute atomic E-state index is 15.9. The lowest BCUT2D eigenvalue weighted by molar-refractivity contribution is -0.160. The van der Waals surface area contributed by atoms with Crippen molar-refractivity contribution in [1.82, 2.24) is 19.4 Å². The number of aromatic nitrogens is 3. The first-order chi connectivity index (χ1) is 23.9. The number of carboxylic acid groups (broad SMARTS) is 1. The van der Waals surface area contributed by atoms with Gasteiger partial charge in [-0.2, -0.15) is 0 Å². The van der Waals surface area contributed by atoms with Crippen molar-refractivity contribution < 1.29 is 28.5 Å². The largest absolute Gasteiger partial charge is 0.490 e. The Kier molecular flexibility index (Phi) is 9.34. The lowest BCUT2D eigenvalue weighted by Gasteiger charge is -2.29. The summed E-state index contributed by atoms with van der Waals surface area (Å²) in [5.41, 5.74) is 5.63. The van der Waals surface area contributed by atoms with E-state index in [0.29, 0.717) is 47.1 Å². The van der Waals surface area contributed by atoms with Crippen LogP contribution in [0.2, 0.25) is 0 Å². The van der Waals surface area contributed by atoms with E-state index in [1.165, 1.54) is 6.07 Å². The number of ether oxygens (including phenoxy) is 3. The maximum atomic E-state index is 15.9. The average molecular weight is 686 g/mol. The van der Waals surface area contributed by atoms with Gasteiger partial charge < -0.3 is 28.8 Å². The number of nitrogens with zero attached hydrogens (tertiary/aromatic N) is 5. The smallest absolute Gasteiger partial charge is 0.337 e. The Morgan fingerprint density at radius 1 is 1.10 bits per heavy atom. The molecule has 0 amide bonds. The summed E-state index contributed by atoms with van der Waals surface area (Å²) < 4.78 is 35.6. The number of anilines is 1. The number of aliphatic carboxylic acids is 1. The van der Waals surface area contributed by atoms with Crippen molar-refractivity contribution in [2.75, 3.05) is 50.9 Å². The minimum Gasteiger partial charge on any atom is -0.490 e. The fourth-order valence-corrected chi connectivity index (χ4v) is 7.94. The number of halogens is 1. The molecule has 0 saturated carbocycles. The van der Waals surface area contributed by atoms with E-state index < -0.39 is 23.5 Å². The molecule has 3 aliphatic heterocycles. The lowest BCUT2D eigenvalue weighted by atomic mass is 9.86. The number of carboxylic acids is 1. The first-order valence-corrected chi connectivity index (χ1v) is 17.8. The van der Waals surface area contributed by atoms with Crippen LogP contribution in [0.5, 0.6) is 5.75 Å². The number of carbonyl (C=O) groups is 1. The predicted molar refractivity (Wildman–Crippen MR) is 191 cm³/mol. The number of rotatable bonds is 7. The molecule has 3 aromatic heterocycles. The number of hydrogen-bond donors (Lipinski definition) is 1. The molecule has 4 aromatic rings. The molecule has 1 aromatic carbocycles. The molecule has 6 heterocycles. The molecule has 10 nitrogen and oxygen atoms in total. The quantitative estimate of drug-likeness (QED) is 0.230. The molecule has 0 radical (unpaired) electrons. The minimum atomic E-state index is -1.33. The van der Waals surface area contributed by atoms with Gasteiger partial charge >= 0.3 is 5.97 Å². The number of benzene rings is 1. The van der Waals surface area contributed by atoms with Crippen molar-refractivity contribution in [2.45, 2.75) is 78.0 Å². The molecule has 1 N–H and O–H groups in total. The summed E-state index contributed by atoms with van der Waals surface area (Å²) in [6.07, 6.45) is 4.12. The first kappa shape index (κ1) is 34.4. The predicted octanol–water partition coefficient (Wildman–Crippen LogP) is 6.63. The first-order valence-electron chi connectivity index (χ1n) is 17.8. The van der Waals surface area contributed by atoms with Crippen molar-refractivity contribution in [3.63, 3.8) is 0 Å². The fourth-order valence-electron chi connectivity index (χ4n) is 7.94. The van der Waals surface area contributed by atoms with Crippen LogP contribution >= 0.6 is 0 Å². The van der Waals surface area contributed by atoms with Crippen molar-refractivity contribution in [3.05, 3.63) is 58.7 Å². The molecule has 11 heteroatoms. The highest BCUT2D eigenvalue weighted by Crippen LogP contribution is 2.45. The summed E-state index contributed by atoms with van der Waals surface area (Å²) in [5, 5.41) is 11.3. The van der Waals surface area contributed by atoms with Crippen LogP contribution in [0.4, 0.5) is 10.2 Å². The summed E-state index contributed by atoms with van der Waals surface area (Å²) in [6, 6.07) is 8.15. The Balaban J connectivity index is 1.37. The Morgan fingerprint density at radius 3 is 2.66 bits per heavy atom. The molecule has 7 rings (SSSR count). The van der Waals surface area contributed by atoms with Gasteiger partial charge in [0, 0.05) is 85.4 Å². The van der Waals surface area contributed by atoms with Crippen LogP contribution in [0.25, 0.3) is 33.4 Å². The molecular formula is C39H48FN5O5. The molecule has 2 unspecified atom stereocenters. The maximum Gasteiger partial charge on any atom is 0.337 e. The SMILES string of the molecule is Cc1nc2c(cc(-c3ccnc(N4CCCN(C5CCOC5)CC4)c3)n2C)c(-c2cc(F)c3c(c2C)CCCO3)c1C(OC(C)(C)C)C(=O)O. The van der Waals surface area contributed by atoms with E-state index in [2.05, 4.69) is 15.9 Å². The van der Waals surface area contributed by atoms with E-state index in [1.807, 2.05) is 64.6 Å². The van der Waals surface area contributed by atoms with Crippen molar-refractivity contribution in [1.29, 1.82) is 0 Å². The van der Waals surface area contributed by atoms with Crippen LogP contribution in [-0.2, 0) is 27.7 Å². The standard InChI is InChI=1S/C39H48FN5O5/c1-23-27-9-7-17-49-35(27)30(40)20-28(23)34-29-21-31(43(6)37(29)42-24(2)33(34)36(38(46)47)50-39(3,4)5)25-10-12-41-32(19-25)45-14-8-13-44(15-16-45)26-11-18-48-22-26/h10,12,19-21,26,36H,7-9,11,13-18,22H2,1-6H3,(H,46,47). The second kappa shape index (κ2) is 13.6. The number of aryl methyl sites for hydroxylation is 2. The Labute approximate surface area is 293 Å². The number of pyridine rings is 2. The van der Waals surface area contributed by atoms with Gasteiger partial charge in [-0.15, -0.1) is 0 Å². The van der Waals surface area contributed by atoms with Crippen LogP contribution in [0.3, 0.4) is 0 Å². The fraction of sp³-hybridized carbons (Fsp3) is 0.513. The molecule has 50 heavy (non-hydrogen) atoms. The summed E-state index contributed by atoms with van der Waals surface area (Å²) in [5.74, 6) is -0.382. The topological polar surface area (TPSA) is 102 Å².